The molecule has 1 aromatic rings. The Hall–Kier alpha value is -2.09. The minimum atomic E-state index is 0.112. The molecule has 1 aliphatic carbocycles. The summed E-state index contributed by atoms with van der Waals surface area (Å²) in [6, 6.07) is 12.0. The Bertz CT molecular complexity index is 740. The normalized spacial score (nSPS) is 11.2. The summed E-state index contributed by atoms with van der Waals surface area (Å²) < 4.78 is 0. The molecule has 3 rings (SSSR count). The molecular weight excluding hydrogens is 210 g/mol. The summed E-state index contributed by atoms with van der Waals surface area (Å²) in [6.45, 7) is 3.91. The summed E-state index contributed by atoms with van der Waals surface area (Å²) in [7, 11) is 0. The first-order valence-corrected chi connectivity index (χ1v) is 5.68. The Kier molecular flexibility index (Phi) is 2.05. The Morgan fingerprint density at radius 3 is 2.65 bits per heavy atom. The summed E-state index contributed by atoms with van der Waals surface area (Å²) in [5.74, 6) is 0. The van der Waals surface area contributed by atoms with Crippen molar-refractivity contribution in [3.63, 3.8) is 0 Å². The quantitative estimate of drug-likeness (QED) is 0.583. The SMILES string of the molecule is Cc1ccc2cc3c(=O)c(C)ccc-3[nH]c2c1. The molecule has 1 aliphatic heterocycles. The maximum Gasteiger partial charge on any atom is 0.190 e. The van der Waals surface area contributed by atoms with Crippen LogP contribution in [0.25, 0.3) is 22.2 Å². The van der Waals surface area contributed by atoms with Crippen molar-refractivity contribution in [2.75, 3.05) is 0 Å². The highest BCUT2D eigenvalue weighted by molar-refractivity contribution is 5.86. The van der Waals surface area contributed by atoms with E-state index in [0.29, 0.717) is 0 Å². The van der Waals surface area contributed by atoms with Gasteiger partial charge in [0.1, 0.15) is 0 Å². The predicted molar refractivity (Wildman–Crippen MR) is 70.7 cm³/mol. The van der Waals surface area contributed by atoms with Crippen LogP contribution in [0.5, 0.6) is 0 Å². The monoisotopic (exact) mass is 223 g/mol. The maximum atomic E-state index is 12.0. The van der Waals surface area contributed by atoms with Gasteiger partial charge in [0.15, 0.2) is 5.43 Å². The van der Waals surface area contributed by atoms with Crippen LogP contribution >= 0.6 is 0 Å². The van der Waals surface area contributed by atoms with Crippen molar-refractivity contribution in [2.24, 2.45) is 0 Å². The van der Waals surface area contributed by atoms with Crippen molar-refractivity contribution in [3.8, 4) is 11.3 Å². The molecule has 0 bridgehead atoms. The fraction of sp³-hybridized carbons (Fsp3) is 0.133. The van der Waals surface area contributed by atoms with Gasteiger partial charge in [0.2, 0.25) is 0 Å². The Labute approximate surface area is 99.3 Å². The van der Waals surface area contributed by atoms with Gasteiger partial charge in [-0.3, -0.25) is 4.79 Å². The first-order valence-electron chi connectivity index (χ1n) is 5.68. The minimum absolute atomic E-state index is 0.112. The van der Waals surface area contributed by atoms with Crippen LogP contribution in [0.3, 0.4) is 0 Å². The summed E-state index contributed by atoms with van der Waals surface area (Å²) in [4.78, 5) is 15.3. The second-order valence-electron chi connectivity index (χ2n) is 4.53. The van der Waals surface area contributed by atoms with Gasteiger partial charge < -0.3 is 4.98 Å². The van der Waals surface area contributed by atoms with E-state index in [-0.39, 0.29) is 5.43 Å². The van der Waals surface area contributed by atoms with Crippen LogP contribution in [0.1, 0.15) is 11.1 Å². The molecule has 0 amide bonds. The van der Waals surface area contributed by atoms with Gasteiger partial charge in [-0.15, -0.1) is 0 Å². The van der Waals surface area contributed by atoms with Gasteiger partial charge in [0, 0.05) is 16.8 Å². The van der Waals surface area contributed by atoms with Crippen LogP contribution in [-0.4, -0.2) is 4.98 Å². The molecular formula is C15H13NO. The lowest BCUT2D eigenvalue weighted by Crippen LogP contribution is -2.09. The number of fused-ring (bicyclic) bond motifs is 2. The highest BCUT2D eigenvalue weighted by atomic mass is 16.1. The molecule has 0 aromatic heterocycles. The van der Waals surface area contributed by atoms with E-state index in [2.05, 4.69) is 24.0 Å². The Morgan fingerprint density at radius 2 is 1.82 bits per heavy atom. The molecule has 0 saturated heterocycles. The predicted octanol–water partition coefficient (Wildman–Crippen LogP) is 3.25. The van der Waals surface area contributed by atoms with E-state index < -0.39 is 0 Å². The number of aromatic nitrogens is 1. The largest absolute Gasteiger partial charge is 0.354 e. The zero-order valence-corrected chi connectivity index (χ0v) is 9.87. The minimum Gasteiger partial charge on any atom is -0.354 e. The summed E-state index contributed by atoms with van der Waals surface area (Å²) in [6.07, 6.45) is 0. The fourth-order valence-corrected chi connectivity index (χ4v) is 2.17. The third-order valence-corrected chi connectivity index (χ3v) is 3.17. The van der Waals surface area contributed by atoms with Gasteiger partial charge >= 0.3 is 0 Å². The number of aryl methyl sites for hydroxylation is 2. The number of hydrogen-bond acceptors (Lipinski definition) is 1. The van der Waals surface area contributed by atoms with Crippen molar-refractivity contribution in [3.05, 3.63) is 57.7 Å². The van der Waals surface area contributed by atoms with Crippen molar-refractivity contribution in [1.82, 2.24) is 4.98 Å². The molecule has 2 aliphatic rings. The van der Waals surface area contributed by atoms with Gasteiger partial charge in [-0.05, 0) is 48.6 Å². The van der Waals surface area contributed by atoms with Crippen LogP contribution in [0.15, 0.2) is 41.2 Å². The lowest BCUT2D eigenvalue weighted by atomic mass is 10.0. The number of nitrogens with one attached hydrogen (secondary N) is 1. The zero-order valence-electron chi connectivity index (χ0n) is 9.87. The maximum absolute atomic E-state index is 12.0. The van der Waals surface area contributed by atoms with Crippen molar-refractivity contribution < 1.29 is 0 Å². The van der Waals surface area contributed by atoms with Crippen LogP contribution in [-0.2, 0) is 0 Å². The lowest BCUT2D eigenvalue weighted by molar-refractivity contribution is 1.31. The summed E-state index contributed by atoms with van der Waals surface area (Å²) in [5, 5.41) is 1.07. The summed E-state index contributed by atoms with van der Waals surface area (Å²) in [5.41, 5.74) is 4.85. The fourth-order valence-electron chi connectivity index (χ4n) is 2.17. The van der Waals surface area contributed by atoms with Crippen molar-refractivity contribution in [2.45, 2.75) is 13.8 Å². The van der Waals surface area contributed by atoms with Crippen LogP contribution < -0.4 is 5.43 Å². The summed E-state index contributed by atoms with van der Waals surface area (Å²) >= 11 is 0. The van der Waals surface area contributed by atoms with Gasteiger partial charge in [-0.1, -0.05) is 18.2 Å². The van der Waals surface area contributed by atoms with E-state index in [1.165, 1.54) is 5.56 Å². The number of H-pyrrole nitrogens is 1. The van der Waals surface area contributed by atoms with E-state index in [1.54, 1.807) is 0 Å². The molecule has 84 valence electrons. The Balaban J connectivity index is 2.49. The molecule has 0 saturated carbocycles. The molecule has 1 aromatic carbocycles. The molecule has 1 heterocycles. The number of pyridine rings is 1. The van der Waals surface area contributed by atoms with E-state index in [9.17, 15) is 4.79 Å². The number of rotatable bonds is 0. The first-order chi connectivity index (χ1) is 8.15. The molecule has 0 spiro atoms. The van der Waals surface area contributed by atoms with Crippen molar-refractivity contribution in [1.29, 1.82) is 0 Å². The van der Waals surface area contributed by atoms with E-state index in [4.69, 9.17) is 0 Å². The third kappa shape index (κ3) is 1.53. The topological polar surface area (TPSA) is 32.9 Å². The lowest BCUT2D eigenvalue weighted by Gasteiger charge is -2.09. The van der Waals surface area contributed by atoms with E-state index in [1.807, 2.05) is 31.2 Å². The number of aromatic amines is 1. The van der Waals surface area contributed by atoms with Crippen LogP contribution in [0.2, 0.25) is 0 Å². The molecule has 17 heavy (non-hydrogen) atoms. The van der Waals surface area contributed by atoms with Gasteiger partial charge in [-0.25, -0.2) is 0 Å². The highest BCUT2D eigenvalue weighted by Crippen LogP contribution is 2.23. The average Bonchev–Trinajstić information content (AvgIpc) is 2.32. The van der Waals surface area contributed by atoms with Gasteiger partial charge in [-0.2, -0.15) is 0 Å². The second kappa shape index (κ2) is 3.45. The number of benzene rings is 2. The smallest absolute Gasteiger partial charge is 0.190 e. The van der Waals surface area contributed by atoms with Crippen molar-refractivity contribution >= 4 is 10.9 Å². The Morgan fingerprint density at radius 1 is 1.00 bits per heavy atom. The molecule has 0 fully saturated rings. The van der Waals surface area contributed by atoms with E-state index >= 15 is 0 Å². The zero-order chi connectivity index (χ0) is 12.0. The molecule has 0 radical (unpaired) electrons. The highest BCUT2D eigenvalue weighted by Gasteiger charge is 2.09. The number of hydrogen-bond donors (Lipinski definition) is 1. The molecule has 1 N–H and O–H groups in total. The average molecular weight is 223 g/mol. The molecule has 2 nitrogen and oxygen atoms in total. The van der Waals surface area contributed by atoms with Gasteiger partial charge in [0.05, 0.1) is 0 Å². The first kappa shape index (κ1) is 10.1. The third-order valence-electron chi connectivity index (χ3n) is 3.17. The van der Waals surface area contributed by atoms with Gasteiger partial charge in [0.25, 0.3) is 0 Å². The molecule has 0 atom stereocenters. The molecule has 2 heteroatoms. The standard InChI is InChI=1S/C15H13NO/c1-9-3-5-11-8-12-13(16-14(11)7-9)6-4-10(2)15(12)17/h3-8,16H,1-2H3. The van der Waals surface area contributed by atoms with Crippen LogP contribution in [0, 0.1) is 13.8 Å². The molecule has 0 unspecified atom stereocenters. The van der Waals surface area contributed by atoms with E-state index in [0.717, 1.165) is 27.7 Å². The second-order valence-corrected chi connectivity index (χ2v) is 4.53. The van der Waals surface area contributed by atoms with Crippen LogP contribution in [0.4, 0.5) is 0 Å².